The third-order valence-corrected chi connectivity index (χ3v) is 3.73. The van der Waals surface area contributed by atoms with Gasteiger partial charge in [0, 0.05) is 36.2 Å². The molecule has 0 bridgehead atoms. The summed E-state index contributed by atoms with van der Waals surface area (Å²) >= 11 is 0. The summed E-state index contributed by atoms with van der Waals surface area (Å²) in [6.45, 7) is 4.60. The van der Waals surface area contributed by atoms with E-state index in [9.17, 15) is 9.59 Å². The van der Waals surface area contributed by atoms with Gasteiger partial charge < -0.3 is 0 Å². The molecule has 1 aliphatic heterocycles. The van der Waals surface area contributed by atoms with Gasteiger partial charge in [-0.2, -0.15) is 0 Å². The second-order valence-electron chi connectivity index (χ2n) is 5.54. The third-order valence-electron chi connectivity index (χ3n) is 3.73. The monoisotopic (exact) mass is 301 g/mol. The Balaban J connectivity index is 2.06. The quantitative estimate of drug-likeness (QED) is 0.475. The number of nitrogens with zero attached hydrogens (tertiary/aromatic N) is 5. The maximum Gasteiger partial charge on any atom is 0.331 e. The Kier molecular flexibility index (Phi) is 5.01. The van der Waals surface area contributed by atoms with Crippen molar-refractivity contribution in [1.82, 2.24) is 4.90 Å². The summed E-state index contributed by atoms with van der Waals surface area (Å²) in [5.74, 6) is -0.252. The zero-order chi connectivity index (χ0) is 16.1. The fraction of sp³-hybridized carbons (Fsp3) is 0.467. The molecule has 0 N–H and O–H groups in total. The van der Waals surface area contributed by atoms with Gasteiger partial charge in [0.1, 0.15) is 0 Å². The van der Waals surface area contributed by atoms with E-state index in [-0.39, 0.29) is 24.3 Å². The number of hydrogen-bond donors (Lipinski definition) is 0. The van der Waals surface area contributed by atoms with Gasteiger partial charge >= 0.3 is 6.03 Å². The van der Waals surface area contributed by atoms with Gasteiger partial charge in [-0.25, -0.2) is 4.79 Å². The van der Waals surface area contributed by atoms with Gasteiger partial charge in [0.15, 0.2) is 0 Å². The number of rotatable bonds is 5. The summed E-state index contributed by atoms with van der Waals surface area (Å²) in [5, 5.41) is 3.65. The average Bonchev–Trinajstić information content (AvgIpc) is 2.89. The number of para-hydroxylation sites is 1. The van der Waals surface area contributed by atoms with E-state index in [4.69, 9.17) is 5.53 Å². The number of benzene rings is 1. The van der Waals surface area contributed by atoms with Gasteiger partial charge in [-0.15, -0.1) is 0 Å². The summed E-state index contributed by atoms with van der Waals surface area (Å²) in [4.78, 5) is 30.3. The number of anilines is 1. The van der Waals surface area contributed by atoms with E-state index in [1.807, 2.05) is 44.2 Å². The zero-order valence-corrected chi connectivity index (χ0v) is 12.7. The minimum absolute atomic E-state index is 0.0442. The van der Waals surface area contributed by atoms with Gasteiger partial charge in [-0.3, -0.25) is 14.6 Å². The maximum atomic E-state index is 12.4. The summed E-state index contributed by atoms with van der Waals surface area (Å²) in [6.07, 6.45) is 0.0517. The summed E-state index contributed by atoms with van der Waals surface area (Å²) in [5.41, 5.74) is 9.34. The van der Waals surface area contributed by atoms with E-state index in [0.29, 0.717) is 13.1 Å². The third kappa shape index (κ3) is 3.38. The van der Waals surface area contributed by atoms with Crippen molar-refractivity contribution >= 4 is 17.6 Å². The molecule has 0 spiro atoms. The van der Waals surface area contributed by atoms with E-state index in [1.165, 1.54) is 4.90 Å². The van der Waals surface area contributed by atoms with Crippen molar-refractivity contribution in [3.63, 3.8) is 0 Å². The van der Waals surface area contributed by atoms with Crippen LogP contribution in [0.3, 0.4) is 0 Å². The smallest absolute Gasteiger partial charge is 0.292 e. The summed E-state index contributed by atoms with van der Waals surface area (Å²) < 4.78 is 0. The van der Waals surface area contributed by atoms with E-state index >= 15 is 0 Å². The number of imide groups is 1. The molecule has 1 aromatic carbocycles. The fourth-order valence-electron chi connectivity index (χ4n) is 2.38. The second kappa shape index (κ2) is 6.95. The lowest BCUT2D eigenvalue weighted by Gasteiger charge is -2.20. The standard InChI is InChI=1S/C15H19N5O2/c1-11(2)13(17-18-16)10-14(21)20-9-8-19(15(20)22)12-6-4-3-5-7-12/h3-7,11,13H,8-10H2,1-2H3/t13-/m0/s1. The van der Waals surface area contributed by atoms with E-state index < -0.39 is 6.04 Å². The maximum absolute atomic E-state index is 12.4. The van der Waals surface area contributed by atoms with Crippen LogP contribution in [0.1, 0.15) is 20.3 Å². The van der Waals surface area contributed by atoms with Gasteiger partial charge in [0.2, 0.25) is 5.91 Å². The van der Waals surface area contributed by atoms with Crippen molar-refractivity contribution < 1.29 is 9.59 Å². The first-order valence-electron chi connectivity index (χ1n) is 7.25. The predicted octanol–water partition coefficient (Wildman–Crippen LogP) is 3.18. The molecule has 1 fully saturated rings. The Morgan fingerprint density at radius 1 is 1.32 bits per heavy atom. The molecule has 7 nitrogen and oxygen atoms in total. The molecule has 0 aliphatic carbocycles. The molecule has 7 heteroatoms. The lowest BCUT2D eigenvalue weighted by molar-refractivity contribution is -0.128. The molecule has 1 saturated heterocycles. The summed E-state index contributed by atoms with van der Waals surface area (Å²) in [6, 6.07) is 8.49. The topological polar surface area (TPSA) is 89.4 Å². The first kappa shape index (κ1) is 15.9. The normalized spacial score (nSPS) is 15.9. The molecule has 1 heterocycles. The highest BCUT2D eigenvalue weighted by Gasteiger charge is 2.34. The molecule has 22 heavy (non-hydrogen) atoms. The number of urea groups is 1. The summed E-state index contributed by atoms with van der Waals surface area (Å²) in [7, 11) is 0. The largest absolute Gasteiger partial charge is 0.331 e. The Bertz CT molecular complexity index is 595. The van der Waals surface area contributed by atoms with E-state index in [2.05, 4.69) is 10.0 Å². The highest BCUT2D eigenvalue weighted by molar-refractivity contribution is 6.04. The highest BCUT2D eigenvalue weighted by atomic mass is 16.2. The molecule has 1 aliphatic rings. The lowest BCUT2D eigenvalue weighted by atomic mass is 10.0. The van der Waals surface area contributed by atoms with Crippen LogP contribution in [0.25, 0.3) is 10.4 Å². The first-order chi connectivity index (χ1) is 10.5. The molecule has 0 unspecified atom stereocenters. The van der Waals surface area contributed by atoms with Crippen LogP contribution in [-0.4, -0.2) is 36.0 Å². The fourth-order valence-corrected chi connectivity index (χ4v) is 2.38. The van der Waals surface area contributed by atoms with Gasteiger partial charge in [-0.1, -0.05) is 37.2 Å². The van der Waals surface area contributed by atoms with Crippen LogP contribution in [0.5, 0.6) is 0 Å². The van der Waals surface area contributed by atoms with Crippen LogP contribution in [0.15, 0.2) is 35.4 Å². The molecule has 1 aromatic rings. The number of hydrogen-bond acceptors (Lipinski definition) is 3. The van der Waals surface area contributed by atoms with E-state index in [1.54, 1.807) is 4.90 Å². The molecule has 3 amide bonds. The van der Waals surface area contributed by atoms with Crippen LogP contribution in [0.2, 0.25) is 0 Å². The van der Waals surface area contributed by atoms with Crippen molar-refractivity contribution in [2.24, 2.45) is 11.0 Å². The second-order valence-corrected chi connectivity index (χ2v) is 5.54. The van der Waals surface area contributed by atoms with Crippen LogP contribution in [0.4, 0.5) is 10.5 Å². The number of azide groups is 1. The number of carbonyl (C=O) groups excluding carboxylic acids is 2. The predicted molar refractivity (Wildman–Crippen MR) is 83.3 cm³/mol. The van der Waals surface area contributed by atoms with Gasteiger partial charge in [-0.05, 0) is 23.6 Å². The van der Waals surface area contributed by atoms with Crippen LogP contribution in [-0.2, 0) is 4.79 Å². The van der Waals surface area contributed by atoms with Gasteiger partial charge in [0.05, 0.1) is 0 Å². The Morgan fingerprint density at radius 3 is 2.59 bits per heavy atom. The molecule has 1 atom stereocenters. The SMILES string of the molecule is CC(C)[C@H](CC(=O)N1CCN(c2ccccc2)C1=O)N=[N+]=[N-]. The molecule has 116 valence electrons. The van der Waals surface area contributed by atoms with Crippen LogP contribution >= 0.6 is 0 Å². The number of carbonyl (C=O) groups is 2. The molecular formula is C15H19N5O2. The minimum atomic E-state index is -0.434. The van der Waals surface area contributed by atoms with Crippen molar-refractivity contribution in [3.05, 3.63) is 40.8 Å². The zero-order valence-electron chi connectivity index (χ0n) is 12.7. The Morgan fingerprint density at radius 2 is 2.00 bits per heavy atom. The molecular weight excluding hydrogens is 282 g/mol. The minimum Gasteiger partial charge on any atom is -0.292 e. The van der Waals surface area contributed by atoms with Crippen molar-refractivity contribution in [2.75, 3.05) is 18.0 Å². The highest BCUT2D eigenvalue weighted by Crippen LogP contribution is 2.21. The first-order valence-corrected chi connectivity index (χ1v) is 7.25. The lowest BCUT2D eigenvalue weighted by Crippen LogP contribution is -2.38. The average molecular weight is 301 g/mol. The molecule has 0 saturated carbocycles. The van der Waals surface area contributed by atoms with Gasteiger partial charge in [0.25, 0.3) is 0 Å². The van der Waals surface area contributed by atoms with Crippen molar-refractivity contribution in [1.29, 1.82) is 0 Å². The number of amides is 3. The Labute approximate surface area is 129 Å². The molecule has 2 rings (SSSR count). The van der Waals surface area contributed by atoms with Crippen molar-refractivity contribution in [3.8, 4) is 0 Å². The van der Waals surface area contributed by atoms with E-state index in [0.717, 1.165) is 5.69 Å². The molecule has 0 aromatic heterocycles. The molecule has 0 radical (unpaired) electrons. The van der Waals surface area contributed by atoms with Crippen molar-refractivity contribution in [2.45, 2.75) is 26.3 Å². The van der Waals surface area contributed by atoms with Crippen LogP contribution < -0.4 is 4.90 Å². The van der Waals surface area contributed by atoms with Crippen LogP contribution in [0, 0.1) is 5.92 Å². The Hall–Kier alpha value is -2.53.